The van der Waals surface area contributed by atoms with Gasteiger partial charge in [-0.3, -0.25) is 9.59 Å². The average Bonchev–Trinajstić information content (AvgIpc) is 2.90. The minimum Gasteiger partial charge on any atom is -0.484 e. The lowest BCUT2D eigenvalue weighted by Crippen LogP contribution is -2.51. The van der Waals surface area contributed by atoms with E-state index in [0.717, 1.165) is 17.5 Å². The summed E-state index contributed by atoms with van der Waals surface area (Å²) in [5, 5.41) is 3.79. The van der Waals surface area contributed by atoms with Crippen molar-refractivity contribution in [3.8, 4) is 5.75 Å². The van der Waals surface area contributed by atoms with Crippen LogP contribution in [0.5, 0.6) is 5.75 Å². The molecule has 3 aromatic carbocycles. The Labute approximate surface area is 236 Å². The van der Waals surface area contributed by atoms with Crippen molar-refractivity contribution >= 4 is 35.0 Å². The monoisotopic (exact) mass is 554 g/mol. The lowest BCUT2D eigenvalue weighted by atomic mass is 9.87. The van der Waals surface area contributed by atoms with E-state index in [1.807, 2.05) is 67.6 Å². The van der Waals surface area contributed by atoms with Crippen LogP contribution in [0.2, 0.25) is 10.0 Å². The Kier molecular flexibility index (Phi) is 10.6. The number of nitrogens with one attached hydrogen (secondary N) is 1. The highest BCUT2D eigenvalue weighted by molar-refractivity contribution is 6.42. The van der Waals surface area contributed by atoms with Gasteiger partial charge in [0.15, 0.2) is 6.61 Å². The first kappa shape index (κ1) is 29.5. The average molecular weight is 556 g/mol. The second-order valence-corrected chi connectivity index (χ2v) is 11.1. The molecule has 3 rings (SSSR count). The summed E-state index contributed by atoms with van der Waals surface area (Å²) in [6, 6.07) is 21.9. The first-order chi connectivity index (χ1) is 18.1. The molecule has 0 radical (unpaired) electrons. The standard InChI is InChI=1S/C31H36Cl2N2O3/c1-5-17-34-30(37)28(19-22-9-7-6-8-10-22)35(20-23-11-16-26(32)27(33)18-23)29(36)21-38-25-14-12-24(13-15-25)31(2,3)4/h6-16,18,28H,5,17,19-21H2,1-4H3,(H,34,37)/t28-/m0/s1. The maximum atomic E-state index is 13.7. The molecule has 0 spiro atoms. The number of carbonyl (C=O) groups excluding carboxylic acids is 2. The van der Waals surface area contributed by atoms with E-state index in [2.05, 4.69) is 26.1 Å². The number of ether oxygens (including phenoxy) is 1. The topological polar surface area (TPSA) is 58.6 Å². The van der Waals surface area contributed by atoms with E-state index >= 15 is 0 Å². The number of hydrogen-bond donors (Lipinski definition) is 1. The van der Waals surface area contributed by atoms with E-state index in [0.29, 0.717) is 28.8 Å². The van der Waals surface area contributed by atoms with Crippen molar-refractivity contribution in [2.24, 2.45) is 0 Å². The van der Waals surface area contributed by atoms with Crippen molar-refractivity contribution in [3.05, 3.63) is 99.5 Å². The third-order valence-electron chi connectivity index (χ3n) is 6.24. The molecule has 0 aliphatic rings. The lowest BCUT2D eigenvalue weighted by molar-refractivity contribution is -0.142. The summed E-state index contributed by atoms with van der Waals surface area (Å²) in [7, 11) is 0. The van der Waals surface area contributed by atoms with Gasteiger partial charge in [-0.15, -0.1) is 0 Å². The largest absolute Gasteiger partial charge is 0.484 e. The number of amides is 2. The molecule has 5 nitrogen and oxygen atoms in total. The Balaban J connectivity index is 1.88. The van der Waals surface area contributed by atoms with Crippen molar-refractivity contribution in [2.45, 2.75) is 58.5 Å². The summed E-state index contributed by atoms with van der Waals surface area (Å²) in [6.07, 6.45) is 1.15. The molecule has 0 saturated heterocycles. The van der Waals surface area contributed by atoms with E-state index in [1.165, 1.54) is 5.56 Å². The first-order valence-electron chi connectivity index (χ1n) is 12.9. The SMILES string of the molecule is CCCNC(=O)[C@H](Cc1ccccc1)N(Cc1ccc(Cl)c(Cl)c1)C(=O)COc1ccc(C(C)(C)C)cc1. The second kappa shape index (κ2) is 13.7. The van der Waals surface area contributed by atoms with Crippen molar-refractivity contribution in [1.29, 1.82) is 0 Å². The summed E-state index contributed by atoms with van der Waals surface area (Å²) in [5.41, 5.74) is 2.91. The van der Waals surface area contributed by atoms with Crippen LogP contribution in [0.4, 0.5) is 0 Å². The molecule has 7 heteroatoms. The summed E-state index contributed by atoms with van der Waals surface area (Å²) in [4.78, 5) is 28.6. The van der Waals surface area contributed by atoms with Gasteiger partial charge in [0.25, 0.3) is 5.91 Å². The predicted octanol–water partition coefficient (Wildman–Crippen LogP) is 6.84. The molecule has 0 fully saturated rings. The number of rotatable bonds is 11. The molecule has 1 N–H and O–H groups in total. The van der Waals surface area contributed by atoms with E-state index in [4.69, 9.17) is 27.9 Å². The van der Waals surface area contributed by atoms with Gasteiger partial charge in [-0.25, -0.2) is 0 Å². The van der Waals surface area contributed by atoms with Gasteiger partial charge in [0, 0.05) is 19.5 Å². The van der Waals surface area contributed by atoms with Crippen LogP contribution in [0.15, 0.2) is 72.8 Å². The molecule has 38 heavy (non-hydrogen) atoms. The van der Waals surface area contributed by atoms with E-state index in [9.17, 15) is 9.59 Å². The predicted molar refractivity (Wildman–Crippen MR) is 155 cm³/mol. The molecule has 0 heterocycles. The normalized spacial score (nSPS) is 12.1. The Morgan fingerprint density at radius 3 is 2.21 bits per heavy atom. The van der Waals surface area contributed by atoms with E-state index in [1.54, 1.807) is 17.0 Å². The minimum atomic E-state index is -0.738. The summed E-state index contributed by atoms with van der Waals surface area (Å²) in [5.74, 6) is 0.0816. The zero-order chi connectivity index (χ0) is 27.7. The molecule has 0 aliphatic carbocycles. The highest BCUT2D eigenvalue weighted by Gasteiger charge is 2.30. The number of carbonyl (C=O) groups is 2. The number of hydrogen-bond acceptors (Lipinski definition) is 3. The molecular weight excluding hydrogens is 519 g/mol. The van der Waals surface area contributed by atoms with Crippen LogP contribution in [0.3, 0.4) is 0 Å². The minimum absolute atomic E-state index is 0.0154. The van der Waals surface area contributed by atoms with Crippen LogP contribution in [0.25, 0.3) is 0 Å². The summed E-state index contributed by atoms with van der Waals surface area (Å²) < 4.78 is 5.89. The maximum Gasteiger partial charge on any atom is 0.261 e. The molecule has 3 aromatic rings. The lowest BCUT2D eigenvalue weighted by Gasteiger charge is -2.31. The van der Waals surface area contributed by atoms with Crippen LogP contribution in [0, 0.1) is 0 Å². The molecule has 0 aliphatic heterocycles. The Hall–Kier alpha value is -3.02. The number of benzene rings is 3. The first-order valence-corrected chi connectivity index (χ1v) is 13.6. The number of halogens is 2. The van der Waals surface area contributed by atoms with E-state index in [-0.39, 0.29) is 30.4 Å². The van der Waals surface area contributed by atoms with Crippen LogP contribution >= 0.6 is 23.2 Å². The highest BCUT2D eigenvalue weighted by Crippen LogP contribution is 2.26. The quantitative estimate of drug-likeness (QED) is 0.282. The summed E-state index contributed by atoms with van der Waals surface area (Å²) >= 11 is 12.4. The van der Waals surface area contributed by atoms with Gasteiger partial charge in [-0.2, -0.15) is 0 Å². The van der Waals surface area contributed by atoms with Gasteiger partial charge in [-0.05, 0) is 52.8 Å². The van der Waals surface area contributed by atoms with Crippen molar-refractivity contribution < 1.29 is 14.3 Å². The van der Waals surface area contributed by atoms with Crippen molar-refractivity contribution in [2.75, 3.05) is 13.2 Å². The fraction of sp³-hybridized carbons (Fsp3) is 0.355. The van der Waals surface area contributed by atoms with Gasteiger partial charge in [0.2, 0.25) is 5.91 Å². The number of nitrogens with zero attached hydrogens (tertiary/aromatic N) is 1. The van der Waals surface area contributed by atoms with Gasteiger partial charge >= 0.3 is 0 Å². The molecule has 0 bridgehead atoms. The van der Waals surface area contributed by atoms with E-state index < -0.39 is 6.04 Å². The smallest absolute Gasteiger partial charge is 0.261 e. The van der Waals surface area contributed by atoms with Crippen LogP contribution in [-0.2, 0) is 28.0 Å². The van der Waals surface area contributed by atoms with Crippen LogP contribution in [0.1, 0.15) is 50.8 Å². The Morgan fingerprint density at radius 1 is 0.921 bits per heavy atom. The Morgan fingerprint density at radius 2 is 1.61 bits per heavy atom. The molecule has 202 valence electrons. The second-order valence-electron chi connectivity index (χ2n) is 10.3. The van der Waals surface area contributed by atoms with Gasteiger partial charge in [-0.1, -0.05) is 99.4 Å². The van der Waals surface area contributed by atoms with Crippen LogP contribution in [-0.4, -0.2) is 35.9 Å². The molecule has 1 atom stereocenters. The summed E-state index contributed by atoms with van der Waals surface area (Å²) in [6.45, 7) is 8.91. The zero-order valence-electron chi connectivity index (χ0n) is 22.5. The third kappa shape index (κ3) is 8.50. The van der Waals surface area contributed by atoms with Crippen LogP contribution < -0.4 is 10.1 Å². The fourth-order valence-corrected chi connectivity index (χ4v) is 4.35. The van der Waals surface area contributed by atoms with Crippen molar-refractivity contribution in [3.63, 3.8) is 0 Å². The molecular formula is C31H36Cl2N2O3. The van der Waals surface area contributed by atoms with Gasteiger partial charge in [0.1, 0.15) is 11.8 Å². The third-order valence-corrected chi connectivity index (χ3v) is 6.98. The molecule has 2 amide bonds. The molecule has 0 saturated carbocycles. The highest BCUT2D eigenvalue weighted by atomic mass is 35.5. The Bertz CT molecular complexity index is 1210. The van der Waals surface area contributed by atoms with Crippen molar-refractivity contribution in [1.82, 2.24) is 10.2 Å². The van der Waals surface area contributed by atoms with Gasteiger partial charge in [0.05, 0.1) is 10.0 Å². The van der Waals surface area contributed by atoms with Gasteiger partial charge < -0.3 is 15.0 Å². The maximum absolute atomic E-state index is 13.7. The molecule has 0 unspecified atom stereocenters. The zero-order valence-corrected chi connectivity index (χ0v) is 24.0. The molecule has 0 aromatic heterocycles. The fourth-order valence-electron chi connectivity index (χ4n) is 4.03.